The molecule has 0 bridgehead atoms. The third-order valence-corrected chi connectivity index (χ3v) is 3.17. The Labute approximate surface area is 103 Å². The summed E-state index contributed by atoms with van der Waals surface area (Å²) in [5.74, 6) is 5.60. The van der Waals surface area contributed by atoms with Crippen molar-refractivity contribution in [2.24, 2.45) is 5.84 Å². The number of carbonyl (C=O) groups excluding carboxylic acids is 1. The summed E-state index contributed by atoms with van der Waals surface area (Å²) in [4.78, 5) is 11.7. The van der Waals surface area contributed by atoms with Gasteiger partial charge in [0, 0.05) is 6.42 Å². The zero-order valence-electron chi connectivity index (χ0n) is 10.6. The fourth-order valence-electron chi connectivity index (χ4n) is 2.03. The molecule has 0 radical (unpaired) electrons. The summed E-state index contributed by atoms with van der Waals surface area (Å²) in [5.41, 5.74) is 0. The van der Waals surface area contributed by atoms with Crippen LogP contribution in [0.4, 0.5) is 0 Å². The maximum atomic E-state index is 11.7. The van der Waals surface area contributed by atoms with E-state index in [1.807, 2.05) is 0 Å². The molecule has 0 spiro atoms. The zero-order valence-corrected chi connectivity index (χ0v) is 10.6. The minimum atomic E-state index is -0.927. The second-order valence-electron chi connectivity index (χ2n) is 4.58. The van der Waals surface area contributed by atoms with Crippen LogP contribution in [0.2, 0.25) is 0 Å². The number of ether oxygens (including phenoxy) is 1. The van der Waals surface area contributed by atoms with E-state index in [9.17, 15) is 9.90 Å². The van der Waals surface area contributed by atoms with Crippen molar-refractivity contribution < 1.29 is 14.6 Å². The summed E-state index contributed by atoms with van der Waals surface area (Å²) in [5, 5.41) is 10.6. The fraction of sp³-hybridized carbons (Fsp3) is 0.917. The molecule has 0 saturated carbocycles. The van der Waals surface area contributed by atoms with E-state index >= 15 is 0 Å². The topological polar surface area (TPSA) is 75.8 Å². The average molecular weight is 244 g/mol. The van der Waals surface area contributed by atoms with Crippen molar-refractivity contribution in [2.45, 2.75) is 64.2 Å². The van der Waals surface area contributed by atoms with E-state index < -0.39 is 6.29 Å². The number of hydrogen-bond acceptors (Lipinski definition) is 4. The van der Waals surface area contributed by atoms with Gasteiger partial charge < -0.3 is 9.84 Å². The summed E-state index contributed by atoms with van der Waals surface area (Å²) in [7, 11) is 0. The van der Waals surface area contributed by atoms with Crippen LogP contribution in [-0.4, -0.2) is 35.0 Å². The lowest BCUT2D eigenvalue weighted by molar-refractivity contribution is -0.143. The Balaban J connectivity index is 2.18. The molecule has 2 unspecified atom stereocenters. The number of aliphatic hydroxyl groups is 1. The molecule has 5 nitrogen and oxygen atoms in total. The number of nitrogens with zero attached hydrogens (tertiary/aromatic N) is 1. The third kappa shape index (κ3) is 4.61. The Morgan fingerprint density at radius 2 is 2.12 bits per heavy atom. The lowest BCUT2D eigenvalue weighted by Crippen LogP contribution is -2.49. The van der Waals surface area contributed by atoms with Gasteiger partial charge in [0.2, 0.25) is 5.91 Å². The van der Waals surface area contributed by atoms with Crippen LogP contribution >= 0.6 is 0 Å². The molecule has 1 amide bonds. The number of amides is 1. The molecule has 1 heterocycles. The molecule has 1 aliphatic heterocycles. The number of nitrogens with two attached hydrogens (primary N) is 1. The fourth-order valence-corrected chi connectivity index (χ4v) is 2.03. The SMILES string of the molecule is CCCCCCCC(=O)N(N)C1CCOC1O. The molecular formula is C12H24N2O3. The molecule has 100 valence electrons. The molecule has 1 aliphatic rings. The first-order valence-corrected chi connectivity index (χ1v) is 6.53. The van der Waals surface area contributed by atoms with Crippen LogP contribution in [0.25, 0.3) is 0 Å². The van der Waals surface area contributed by atoms with Crippen LogP contribution < -0.4 is 5.84 Å². The van der Waals surface area contributed by atoms with Crippen LogP contribution in [0.15, 0.2) is 0 Å². The number of hydrazine groups is 1. The highest BCUT2D eigenvalue weighted by Gasteiger charge is 2.32. The van der Waals surface area contributed by atoms with E-state index in [1.165, 1.54) is 19.3 Å². The summed E-state index contributed by atoms with van der Waals surface area (Å²) in [6, 6.07) is -0.377. The second-order valence-corrected chi connectivity index (χ2v) is 4.58. The lowest BCUT2D eigenvalue weighted by Gasteiger charge is -2.25. The van der Waals surface area contributed by atoms with Gasteiger partial charge >= 0.3 is 0 Å². The van der Waals surface area contributed by atoms with Gasteiger partial charge in [0.05, 0.1) is 6.61 Å². The molecule has 0 aromatic rings. The van der Waals surface area contributed by atoms with E-state index in [-0.39, 0.29) is 11.9 Å². The van der Waals surface area contributed by atoms with Gasteiger partial charge in [-0.15, -0.1) is 0 Å². The average Bonchev–Trinajstić information content (AvgIpc) is 2.74. The van der Waals surface area contributed by atoms with Crippen LogP contribution in [0.5, 0.6) is 0 Å². The minimum Gasteiger partial charge on any atom is -0.366 e. The van der Waals surface area contributed by atoms with Crippen LogP contribution in [0, 0.1) is 0 Å². The van der Waals surface area contributed by atoms with Crippen LogP contribution in [0.1, 0.15) is 51.9 Å². The van der Waals surface area contributed by atoms with Gasteiger partial charge in [0.1, 0.15) is 6.04 Å². The van der Waals surface area contributed by atoms with Crippen LogP contribution in [-0.2, 0) is 9.53 Å². The van der Waals surface area contributed by atoms with Crippen molar-refractivity contribution >= 4 is 5.91 Å². The minimum absolute atomic E-state index is 0.101. The van der Waals surface area contributed by atoms with E-state index in [2.05, 4.69) is 6.92 Å². The summed E-state index contributed by atoms with van der Waals surface area (Å²) in [6.45, 7) is 2.62. The Kier molecular flexibility index (Phi) is 6.47. The van der Waals surface area contributed by atoms with Gasteiger partial charge in [-0.1, -0.05) is 32.6 Å². The smallest absolute Gasteiger partial charge is 0.236 e. The first kappa shape index (κ1) is 14.4. The molecule has 17 heavy (non-hydrogen) atoms. The molecule has 3 N–H and O–H groups in total. The van der Waals surface area contributed by atoms with Crippen molar-refractivity contribution in [1.82, 2.24) is 5.01 Å². The molecule has 5 heteroatoms. The number of aliphatic hydroxyl groups excluding tert-OH is 1. The summed E-state index contributed by atoms with van der Waals surface area (Å²) < 4.78 is 4.98. The van der Waals surface area contributed by atoms with Crippen molar-refractivity contribution in [2.75, 3.05) is 6.61 Å². The summed E-state index contributed by atoms with van der Waals surface area (Å²) >= 11 is 0. The van der Waals surface area contributed by atoms with E-state index in [0.717, 1.165) is 17.9 Å². The number of hydrogen-bond donors (Lipinski definition) is 2. The van der Waals surface area contributed by atoms with Gasteiger partial charge in [-0.25, -0.2) is 5.84 Å². The Bertz CT molecular complexity index is 236. The standard InChI is InChI=1S/C12H24N2O3/c1-2-3-4-5-6-7-11(15)14(13)10-8-9-17-12(10)16/h10,12,16H,2-9,13H2,1H3. The van der Waals surface area contributed by atoms with Crippen molar-refractivity contribution in [3.05, 3.63) is 0 Å². The predicted octanol–water partition coefficient (Wildman–Crippen LogP) is 1.16. The van der Waals surface area contributed by atoms with E-state index in [1.54, 1.807) is 0 Å². The van der Waals surface area contributed by atoms with Crippen molar-refractivity contribution in [3.8, 4) is 0 Å². The largest absolute Gasteiger partial charge is 0.366 e. The van der Waals surface area contributed by atoms with Gasteiger partial charge in [0.15, 0.2) is 6.29 Å². The summed E-state index contributed by atoms with van der Waals surface area (Å²) in [6.07, 6.45) is 5.67. The first-order valence-electron chi connectivity index (χ1n) is 6.53. The molecule has 1 rings (SSSR count). The highest BCUT2D eigenvalue weighted by Crippen LogP contribution is 2.16. The molecular weight excluding hydrogens is 220 g/mol. The number of rotatable bonds is 7. The zero-order chi connectivity index (χ0) is 12.7. The quantitative estimate of drug-likeness (QED) is 0.305. The molecule has 0 aromatic carbocycles. The van der Waals surface area contributed by atoms with Crippen molar-refractivity contribution in [3.63, 3.8) is 0 Å². The highest BCUT2D eigenvalue weighted by molar-refractivity contribution is 5.75. The molecule has 1 saturated heterocycles. The lowest BCUT2D eigenvalue weighted by atomic mass is 10.1. The van der Waals surface area contributed by atoms with Gasteiger partial charge in [0.25, 0.3) is 0 Å². The Morgan fingerprint density at radius 1 is 1.41 bits per heavy atom. The van der Waals surface area contributed by atoms with Gasteiger partial charge in [-0.2, -0.15) is 0 Å². The van der Waals surface area contributed by atoms with E-state index in [0.29, 0.717) is 19.4 Å². The van der Waals surface area contributed by atoms with Crippen LogP contribution in [0.3, 0.4) is 0 Å². The maximum absolute atomic E-state index is 11.7. The molecule has 2 atom stereocenters. The molecule has 0 aromatic heterocycles. The number of carbonyl (C=O) groups is 1. The van der Waals surface area contributed by atoms with E-state index in [4.69, 9.17) is 10.6 Å². The normalized spacial score (nSPS) is 23.9. The molecule has 1 fully saturated rings. The van der Waals surface area contributed by atoms with Gasteiger partial charge in [-0.05, 0) is 12.8 Å². The number of unbranched alkanes of at least 4 members (excludes halogenated alkanes) is 4. The first-order chi connectivity index (χ1) is 8.16. The van der Waals surface area contributed by atoms with Crippen molar-refractivity contribution in [1.29, 1.82) is 0 Å². The Morgan fingerprint density at radius 3 is 2.71 bits per heavy atom. The molecule has 0 aliphatic carbocycles. The predicted molar refractivity (Wildman–Crippen MR) is 64.8 cm³/mol. The monoisotopic (exact) mass is 244 g/mol. The highest BCUT2D eigenvalue weighted by atomic mass is 16.6. The maximum Gasteiger partial charge on any atom is 0.236 e. The third-order valence-electron chi connectivity index (χ3n) is 3.17. The Hall–Kier alpha value is -0.650. The second kappa shape index (κ2) is 7.63. The van der Waals surface area contributed by atoms with Gasteiger partial charge in [-0.3, -0.25) is 9.80 Å².